The summed E-state index contributed by atoms with van der Waals surface area (Å²) < 4.78 is 0. The predicted molar refractivity (Wildman–Crippen MR) is 136 cm³/mol. The number of aliphatic hydroxyl groups is 1. The molecule has 1 fully saturated rings. The van der Waals surface area contributed by atoms with E-state index in [2.05, 4.69) is 78.2 Å². The maximum absolute atomic E-state index is 10.3. The molecule has 0 unspecified atom stereocenters. The zero-order valence-corrected chi connectivity index (χ0v) is 21.8. The molecule has 6 N–H and O–H groups in total. The van der Waals surface area contributed by atoms with E-state index in [-0.39, 0.29) is 11.1 Å². The van der Waals surface area contributed by atoms with Crippen LogP contribution in [-0.4, -0.2) is 75.9 Å². The van der Waals surface area contributed by atoms with Crippen molar-refractivity contribution in [3.63, 3.8) is 0 Å². The lowest BCUT2D eigenvalue weighted by atomic mass is 9.79. The minimum Gasteiger partial charge on any atom is -0.481 e. The Morgan fingerprint density at radius 3 is 1.95 bits per heavy atom. The molecule has 0 bridgehead atoms. The molecule has 2 aromatic rings. The van der Waals surface area contributed by atoms with Crippen molar-refractivity contribution in [1.29, 1.82) is 0 Å². The van der Waals surface area contributed by atoms with Gasteiger partial charge in [-0.25, -0.2) is 9.78 Å². The SMILES string of the molecule is CC1(C)CC(N(Cc2ccccc2)Cc2cnc[nH]2)CC(C)(C)N1.O=C(O)CC(O)(CC(=O)O)C(=O)O. The molecule has 0 spiro atoms. The number of benzene rings is 1. The monoisotopic (exact) mass is 518 g/mol. The molecule has 1 aromatic heterocycles. The van der Waals surface area contributed by atoms with Gasteiger partial charge in [-0.3, -0.25) is 14.5 Å². The number of H-pyrrole nitrogens is 1. The lowest BCUT2D eigenvalue weighted by Crippen LogP contribution is -2.62. The van der Waals surface area contributed by atoms with Crippen molar-refractivity contribution in [2.24, 2.45) is 0 Å². The standard InChI is InChI=1S/C20H30N4.C6H8O7/c1-19(2)10-18(11-20(3,4)23-19)24(14-17-12-21-15-22-17)13-16-8-6-5-7-9-16;7-3(8)1-6(13,5(11)12)2-4(9)10/h5-9,12,15,18,23H,10-11,13-14H2,1-4H3,(H,21,22);13H,1-2H2,(H,7,8)(H,9,10)(H,11,12). The van der Waals surface area contributed by atoms with E-state index in [9.17, 15) is 14.4 Å². The third kappa shape index (κ3) is 9.95. The van der Waals surface area contributed by atoms with Crippen LogP contribution in [0.1, 0.15) is 64.6 Å². The lowest BCUT2D eigenvalue weighted by Gasteiger charge is -2.49. The highest BCUT2D eigenvalue weighted by Gasteiger charge is 2.41. The van der Waals surface area contributed by atoms with E-state index in [1.54, 1.807) is 6.33 Å². The van der Waals surface area contributed by atoms with Gasteiger partial charge < -0.3 is 30.7 Å². The highest BCUT2D eigenvalue weighted by molar-refractivity contribution is 5.88. The maximum Gasteiger partial charge on any atom is 0.336 e. The van der Waals surface area contributed by atoms with Gasteiger partial charge in [0.15, 0.2) is 5.60 Å². The average Bonchev–Trinajstić information content (AvgIpc) is 3.24. The molecule has 0 atom stereocenters. The smallest absolute Gasteiger partial charge is 0.336 e. The van der Waals surface area contributed by atoms with Gasteiger partial charge in [0.25, 0.3) is 0 Å². The molecule has 0 saturated carbocycles. The molecule has 0 amide bonds. The molecule has 37 heavy (non-hydrogen) atoms. The third-order valence-electron chi connectivity index (χ3n) is 6.13. The normalized spacial score (nSPS) is 17.0. The summed E-state index contributed by atoms with van der Waals surface area (Å²) in [7, 11) is 0. The van der Waals surface area contributed by atoms with E-state index < -0.39 is 36.4 Å². The van der Waals surface area contributed by atoms with E-state index in [0.29, 0.717) is 6.04 Å². The quantitative estimate of drug-likeness (QED) is 0.274. The van der Waals surface area contributed by atoms with Crippen LogP contribution in [0.5, 0.6) is 0 Å². The first-order chi connectivity index (χ1) is 17.1. The van der Waals surface area contributed by atoms with Gasteiger partial charge in [-0.1, -0.05) is 30.3 Å². The van der Waals surface area contributed by atoms with Crippen LogP contribution in [-0.2, 0) is 27.5 Å². The van der Waals surface area contributed by atoms with Crippen LogP contribution in [0.2, 0.25) is 0 Å². The van der Waals surface area contributed by atoms with Crippen LogP contribution in [0, 0.1) is 0 Å². The van der Waals surface area contributed by atoms with Crippen molar-refractivity contribution in [3.05, 3.63) is 54.1 Å². The number of carbonyl (C=O) groups is 3. The molecule has 11 heteroatoms. The molecule has 0 aliphatic carbocycles. The van der Waals surface area contributed by atoms with Crippen LogP contribution in [0.4, 0.5) is 0 Å². The van der Waals surface area contributed by atoms with Gasteiger partial charge in [0, 0.05) is 42.1 Å². The maximum atomic E-state index is 10.3. The molecule has 204 valence electrons. The van der Waals surface area contributed by atoms with E-state index in [4.69, 9.17) is 20.4 Å². The predicted octanol–water partition coefficient (Wildman–Crippen LogP) is 2.47. The first kappa shape index (κ1) is 29.9. The summed E-state index contributed by atoms with van der Waals surface area (Å²) in [5, 5.41) is 37.6. The number of nitrogens with one attached hydrogen (secondary N) is 2. The number of aromatic amines is 1. The zero-order valence-electron chi connectivity index (χ0n) is 21.8. The highest BCUT2D eigenvalue weighted by Crippen LogP contribution is 2.33. The summed E-state index contributed by atoms with van der Waals surface area (Å²) >= 11 is 0. The van der Waals surface area contributed by atoms with Crippen LogP contribution >= 0.6 is 0 Å². The van der Waals surface area contributed by atoms with E-state index in [1.165, 1.54) is 11.3 Å². The Morgan fingerprint density at radius 1 is 0.973 bits per heavy atom. The Bertz CT molecular complexity index is 1010. The molecule has 3 rings (SSSR count). The summed E-state index contributed by atoms with van der Waals surface area (Å²) in [6.07, 6.45) is 3.72. The lowest BCUT2D eigenvalue weighted by molar-refractivity contribution is -0.170. The number of aromatic nitrogens is 2. The second-order valence-electron chi connectivity index (χ2n) is 10.9. The van der Waals surface area contributed by atoms with Gasteiger partial charge in [-0.05, 0) is 46.1 Å². The number of piperidine rings is 1. The van der Waals surface area contributed by atoms with Gasteiger partial charge in [0.05, 0.1) is 19.2 Å². The fourth-order valence-corrected chi connectivity index (χ4v) is 4.96. The minimum atomic E-state index is -2.74. The second kappa shape index (κ2) is 12.3. The summed E-state index contributed by atoms with van der Waals surface area (Å²) in [6, 6.07) is 11.3. The van der Waals surface area contributed by atoms with Gasteiger partial charge >= 0.3 is 17.9 Å². The number of hydrogen-bond acceptors (Lipinski definition) is 7. The molecule has 2 heterocycles. The number of imidazole rings is 1. The molecular formula is C26H38N4O7. The van der Waals surface area contributed by atoms with Gasteiger partial charge in [-0.15, -0.1) is 0 Å². The summed E-state index contributed by atoms with van der Waals surface area (Å²) in [5.41, 5.74) is 0.105. The van der Waals surface area contributed by atoms with Crippen LogP contribution < -0.4 is 5.32 Å². The number of rotatable bonds is 10. The largest absolute Gasteiger partial charge is 0.481 e. The average molecular weight is 519 g/mol. The Hall–Kier alpha value is -3.28. The van der Waals surface area contributed by atoms with E-state index >= 15 is 0 Å². The zero-order chi connectivity index (χ0) is 27.9. The highest BCUT2D eigenvalue weighted by atomic mass is 16.4. The first-order valence-electron chi connectivity index (χ1n) is 12.0. The Labute approximate surface area is 216 Å². The molecule has 11 nitrogen and oxygen atoms in total. The number of nitrogens with zero attached hydrogens (tertiary/aromatic N) is 2. The summed E-state index contributed by atoms with van der Waals surface area (Å²) in [4.78, 5) is 40.5. The van der Waals surface area contributed by atoms with Crippen LogP contribution in [0.15, 0.2) is 42.9 Å². The first-order valence-corrected chi connectivity index (χ1v) is 12.0. The fourth-order valence-electron chi connectivity index (χ4n) is 4.96. The second-order valence-corrected chi connectivity index (χ2v) is 10.9. The van der Waals surface area contributed by atoms with Crippen molar-refractivity contribution in [3.8, 4) is 0 Å². The number of carboxylic acid groups (broad SMARTS) is 3. The van der Waals surface area contributed by atoms with Crippen molar-refractivity contribution >= 4 is 17.9 Å². The third-order valence-corrected chi connectivity index (χ3v) is 6.13. The van der Waals surface area contributed by atoms with Crippen molar-refractivity contribution in [2.75, 3.05) is 0 Å². The van der Waals surface area contributed by atoms with Gasteiger partial charge in [0.2, 0.25) is 0 Å². The van der Waals surface area contributed by atoms with Crippen molar-refractivity contribution in [1.82, 2.24) is 20.2 Å². The van der Waals surface area contributed by atoms with Gasteiger partial charge in [-0.2, -0.15) is 0 Å². The molecule has 0 radical (unpaired) electrons. The van der Waals surface area contributed by atoms with Crippen LogP contribution in [0.3, 0.4) is 0 Å². The minimum absolute atomic E-state index is 0.148. The van der Waals surface area contributed by atoms with E-state index in [1.807, 2.05) is 6.20 Å². The Balaban J connectivity index is 0.000000317. The molecule has 1 saturated heterocycles. The van der Waals surface area contributed by atoms with E-state index in [0.717, 1.165) is 25.9 Å². The summed E-state index contributed by atoms with van der Waals surface area (Å²) in [5.74, 6) is -5.02. The molecular weight excluding hydrogens is 480 g/mol. The van der Waals surface area contributed by atoms with Gasteiger partial charge in [0.1, 0.15) is 0 Å². The molecule has 1 aliphatic rings. The molecule has 1 aliphatic heterocycles. The van der Waals surface area contributed by atoms with Crippen molar-refractivity contribution < 1.29 is 34.8 Å². The topological polar surface area (TPSA) is 176 Å². The number of hydrogen-bond donors (Lipinski definition) is 6. The fraction of sp³-hybridized carbons (Fsp3) is 0.538. The number of aliphatic carboxylic acids is 3. The molecule has 1 aromatic carbocycles. The summed E-state index contributed by atoms with van der Waals surface area (Å²) in [6.45, 7) is 11.1. The van der Waals surface area contributed by atoms with Crippen LogP contribution in [0.25, 0.3) is 0 Å². The number of carboxylic acids is 3. The Morgan fingerprint density at radius 2 is 1.51 bits per heavy atom. The van der Waals surface area contributed by atoms with Crippen molar-refractivity contribution in [2.45, 2.75) is 89.2 Å². The Kier molecular flexibility index (Phi) is 9.96.